The molecule has 1 aromatic carbocycles. The topological polar surface area (TPSA) is 55.8 Å². The first-order chi connectivity index (χ1) is 9.34. The number of halogens is 3. The van der Waals surface area contributed by atoms with Gasteiger partial charge >= 0.3 is 12.1 Å². The number of methoxy groups -OCH3 is 1. The van der Waals surface area contributed by atoms with Crippen LogP contribution in [-0.4, -0.2) is 31.4 Å². The first kappa shape index (κ1) is 16.0. The van der Waals surface area contributed by atoms with E-state index in [0.29, 0.717) is 0 Å². The molecule has 20 heavy (non-hydrogen) atoms. The lowest BCUT2D eigenvalue weighted by molar-refractivity contribution is -0.139. The van der Waals surface area contributed by atoms with Gasteiger partial charge in [0, 0.05) is 13.2 Å². The van der Waals surface area contributed by atoms with E-state index in [2.05, 4.69) is 0 Å². The number of hydrogen-bond donors (Lipinski definition) is 1. The monoisotopic (exact) mass is 290 g/mol. The molecule has 0 bridgehead atoms. The lowest BCUT2D eigenvalue weighted by atomic mass is 10.1. The van der Waals surface area contributed by atoms with Crippen LogP contribution in [0.3, 0.4) is 0 Å². The fraction of sp³-hybridized carbons (Fsp3) is 0.308. The number of ether oxygens (including phenoxy) is 2. The first-order valence-electron chi connectivity index (χ1n) is 5.58. The number of aliphatic carboxylic acids is 1. The van der Waals surface area contributed by atoms with Crippen molar-refractivity contribution in [3.63, 3.8) is 0 Å². The highest BCUT2D eigenvalue weighted by atomic mass is 19.4. The molecule has 0 heterocycles. The minimum atomic E-state index is -4.59. The Hall–Kier alpha value is -2.02. The maximum Gasteiger partial charge on any atom is 0.419 e. The van der Waals surface area contributed by atoms with E-state index < -0.39 is 17.7 Å². The summed E-state index contributed by atoms with van der Waals surface area (Å²) in [6, 6.07) is 3.33. The number of carboxylic acids is 1. The molecule has 0 aliphatic carbocycles. The number of alkyl halides is 3. The van der Waals surface area contributed by atoms with Crippen LogP contribution in [0.25, 0.3) is 6.08 Å². The highest BCUT2D eigenvalue weighted by molar-refractivity contribution is 5.85. The summed E-state index contributed by atoms with van der Waals surface area (Å²) in [5.74, 6) is -1.55. The van der Waals surface area contributed by atoms with Crippen LogP contribution in [0.2, 0.25) is 0 Å². The molecule has 0 fully saturated rings. The molecule has 0 saturated heterocycles. The van der Waals surface area contributed by atoms with Gasteiger partial charge in [0.25, 0.3) is 0 Å². The quantitative estimate of drug-likeness (QED) is 0.646. The fourth-order valence-corrected chi connectivity index (χ4v) is 1.40. The second-order valence-corrected chi connectivity index (χ2v) is 3.77. The third-order valence-electron chi connectivity index (χ3n) is 2.27. The minimum absolute atomic E-state index is 0.0100. The van der Waals surface area contributed by atoms with Crippen LogP contribution in [0.5, 0.6) is 5.75 Å². The average molecular weight is 290 g/mol. The summed E-state index contributed by atoms with van der Waals surface area (Å²) in [5.41, 5.74) is -0.833. The van der Waals surface area contributed by atoms with E-state index >= 15 is 0 Å². The van der Waals surface area contributed by atoms with Crippen molar-refractivity contribution in [2.24, 2.45) is 0 Å². The van der Waals surface area contributed by atoms with Gasteiger partial charge in [0.15, 0.2) is 0 Å². The van der Waals surface area contributed by atoms with Gasteiger partial charge in [-0.05, 0) is 23.8 Å². The third-order valence-corrected chi connectivity index (χ3v) is 2.27. The highest BCUT2D eigenvalue weighted by Crippen LogP contribution is 2.37. The van der Waals surface area contributed by atoms with E-state index in [4.69, 9.17) is 14.6 Å². The van der Waals surface area contributed by atoms with Gasteiger partial charge in [-0.25, -0.2) is 4.79 Å². The zero-order chi connectivity index (χ0) is 15.2. The van der Waals surface area contributed by atoms with Crippen LogP contribution in [0.15, 0.2) is 24.3 Å². The van der Waals surface area contributed by atoms with Crippen molar-refractivity contribution in [3.8, 4) is 5.75 Å². The van der Waals surface area contributed by atoms with Crippen LogP contribution in [0.4, 0.5) is 13.2 Å². The van der Waals surface area contributed by atoms with Crippen molar-refractivity contribution >= 4 is 12.0 Å². The molecule has 1 rings (SSSR count). The highest BCUT2D eigenvalue weighted by Gasteiger charge is 2.34. The van der Waals surface area contributed by atoms with Crippen LogP contribution >= 0.6 is 0 Å². The molecule has 0 atom stereocenters. The zero-order valence-corrected chi connectivity index (χ0v) is 10.6. The molecule has 0 aliphatic rings. The van der Waals surface area contributed by atoms with Crippen molar-refractivity contribution < 1.29 is 32.5 Å². The molecule has 110 valence electrons. The van der Waals surface area contributed by atoms with Crippen molar-refractivity contribution in [3.05, 3.63) is 35.4 Å². The van der Waals surface area contributed by atoms with Gasteiger partial charge in [0.05, 0.1) is 12.2 Å². The maximum atomic E-state index is 12.9. The molecule has 7 heteroatoms. The molecule has 0 aromatic heterocycles. The summed E-state index contributed by atoms with van der Waals surface area (Å²) >= 11 is 0. The Kier molecular flexibility index (Phi) is 5.57. The second kappa shape index (κ2) is 6.95. The van der Waals surface area contributed by atoms with Crippen LogP contribution < -0.4 is 4.74 Å². The maximum absolute atomic E-state index is 12.9. The zero-order valence-electron chi connectivity index (χ0n) is 10.6. The van der Waals surface area contributed by atoms with E-state index in [-0.39, 0.29) is 24.5 Å². The average Bonchev–Trinajstić information content (AvgIpc) is 2.36. The normalized spacial score (nSPS) is 11.8. The van der Waals surface area contributed by atoms with E-state index in [9.17, 15) is 18.0 Å². The van der Waals surface area contributed by atoms with Crippen molar-refractivity contribution in [1.29, 1.82) is 0 Å². The smallest absolute Gasteiger partial charge is 0.419 e. The molecule has 0 aliphatic heterocycles. The van der Waals surface area contributed by atoms with E-state index in [1.54, 1.807) is 0 Å². The van der Waals surface area contributed by atoms with Gasteiger partial charge in [-0.3, -0.25) is 0 Å². The summed E-state index contributed by atoms with van der Waals surface area (Å²) < 4.78 is 48.3. The molecule has 0 amide bonds. The Balaban J connectivity index is 3.04. The van der Waals surface area contributed by atoms with Crippen molar-refractivity contribution in [2.75, 3.05) is 20.3 Å². The fourth-order valence-electron chi connectivity index (χ4n) is 1.40. The second-order valence-electron chi connectivity index (χ2n) is 3.77. The number of benzene rings is 1. The van der Waals surface area contributed by atoms with Gasteiger partial charge in [-0.1, -0.05) is 6.07 Å². The first-order valence-corrected chi connectivity index (χ1v) is 5.58. The number of rotatable bonds is 6. The van der Waals surface area contributed by atoms with E-state index in [0.717, 1.165) is 24.3 Å². The Morgan fingerprint density at radius 1 is 1.35 bits per heavy atom. The molecule has 0 spiro atoms. The SMILES string of the molecule is COCCOc1ccc(C=CC(=O)O)cc1C(F)(F)F. The van der Waals surface area contributed by atoms with Gasteiger partial charge in [0.1, 0.15) is 12.4 Å². The Morgan fingerprint density at radius 2 is 2.05 bits per heavy atom. The summed E-state index contributed by atoms with van der Waals surface area (Å²) in [6.07, 6.45) is -2.74. The van der Waals surface area contributed by atoms with Gasteiger partial charge in [-0.15, -0.1) is 0 Å². The van der Waals surface area contributed by atoms with Gasteiger partial charge in [0.2, 0.25) is 0 Å². The Morgan fingerprint density at radius 3 is 2.60 bits per heavy atom. The lowest BCUT2D eigenvalue weighted by Gasteiger charge is -2.14. The summed E-state index contributed by atoms with van der Waals surface area (Å²) in [6.45, 7) is 0.155. The molecule has 0 saturated carbocycles. The standard InChI is InChI=1S/C13H13F3O4/c1-19-6-7-20-11-4-2-9(3-5-12(17)18)8-10(11)13(14,15)16/h2-5,8H,6-7H2,1H3,(H,17,18). The van der Waals surface area contributed by atoms with Crippen LogP contribution in [0, 0.1) is 0 Å². The largest absolute Gasteiger partial charge is 0.491 e. The summed E-state index contributed by atoms with van der Waals surface area (Å²) in [5, 5.41) is 8.45. The number of hydrogen-bond acceptors (Lipinski definition) is 3. The van der Waals surface area contributed by atoms with Gasteiger partial charge in [-0.2, -0.15) is 13.2 Å². The lowest BCUT2D eigenvalue weighted by Crippen LogP contribution is -2.11. The van der Waals surface area contributed by atoms with Crippen molar-refractivity contribution in [2.45, 2.75) is 6.18 Å². The summed E-state index contributed by atoms with van der Waals surface area (Å²) in [4.78, 5) is 10.3. The van der Waals surface area contributed by atoms with E-state index in [1.165, 1.54) is 13.2 Å². The van der Waals surface area contributed by atoms with Gasteiger partial charge < -0.3 is 14.6 Å². The molecular weight excluding hydrogens is 277 g/mol. The Bertz CT molecular complexity index is 495. The molecule has 1 aromatic rings. The molecule has 4 nitrogen and oxygen atoms in total. The third kappa shape index (κ3) is 4.93. The summed E-state index contributed by atoms with van der Waals surface area (Å²) in [7, 11) is 1.41. The van der Waals surface area contributed by atoms with Crippen LogP contribution in [-0.2, 0) is 15.7 Å². The Labute approximate surface area is 113 Å². The van der Waals surface area contributed by atoms with E-state index in [1.807, 2.05) is 0 Å². The molecular formula is C13H13F3O4. The molecule has 0 radical (unpaired) electrons. The predicted molar refractivity (Wildman–Crippen MR) is 65.5 cm³/mol. The molecule has 1 N–H and O–H groups in total. The van der Waals surface area contributed by atoms with Crippen LogP contribution in [0.1, 0.15) is 11.1 Å². The molecule has 0 unspecified atom stereocenters. The van der Waals surface area contributed by atoms with Crippen molar-refractivity contribution in [1.82, 2.24) is 0 Å². The minimum Gasteiger partial charge on any atom is -0.491 e. The number of carboxylic acid groups (broad SMARTS) is 1. The number of carbonyl (C=O) groups is 1. The predicted octanol–water partition coefficient (Wildman–Crippen LogP) is 2.83.